The zero-order chi connectivity index (χ0) is 23.6. The van der Waals surface area contributed by atoms with E-state index >= 15 is 0 Å². The lowest BCUT2D eigenvalue weighted by Crippen LogP contribution is -2.48. The smallest absolute Gasteiger partial charge is 0.335 e. The Morgan fingerprint density at radius 3 is 2.55 bits per heavy atom. The molecule has 1 aromatic carbocycles. The second-order valence-electron chi connectivity index (χ2n) is 8.06. The fraction of sp³-hybridized carbons (Fsp3) is 0.409. The molecular weight excluding hydrogens is 457 g/mol. The summed E-state index contributed by atoms with van der Waals surface area (Å²) in [6.07, 6.45) is 2.84. The molecule has 0 aliphatic carbocycles. The third kappa shape index (κ3) is 5.00. The zero-order valence-electron chi connectivity index (χ0n) is 17.8. The van der Waals surface area contributed by atoms with Crippen LogP contribution >= 0.6 is 11.6 Å². The number of aryl methyl sites for hydroxylation is 1. The largest absolute Gasteiger partial charge is 0.419 e. The molecule has 1 fully saturated rings. The molecule has 1 aliphatic rings. The van der Waals surface area contributed by atoms with Gasteiger partial charge in [0.05, 0.1) is 28.5 Å². The number of piperidine rings is 1. The molecule has 0 unspecified atom stereocenters. The SMILES string of the molecule is C[C@@H]1CCCN(C(=O)c2cccc(Cl)c2-n2nccn2)[C@@H]1CCc1ncc(C(F)(F)F)cn1. The van der Waals surface area contributed by atoms with E-state index in [2.05, 4.69) is 27.1 Å². The van der Waals surface area contributed by atoms with Crippen molar-refractivity contribution in [3.05, 3.63) is 65.0 Å². The first kappa shape index (κ1) is 23.2. The molecule has 3 heterocycles. The summed E-state index contributed by atoms with van der Waals surface area (Å²) in [5, 5.41) is 8.61. The van der Waals surface area contributed by atoms with Gasteiger partial charge in [0, 0.05) is 31.4 Å². The van der Waals surface area contributed by atoms with Gasteiger partial charge >= 0.3 is 6.18 Å². The molecule has 174 valence electrons. The van der Waals surface area contributed by atoms with Crippen LogP contribution in [0.1, 0.15) is 47.9 Å². The third-order valence-electron chi connectivity index (χ3n) is 5.91. The minimum absolute atomic E-state index is 0.116. The van der Waals surface area contributed by atoms with Crippen molar-refractivity contribution in [2.24, 2.45) is 5.92 Å². The highest BCUT2D eigenvalue weighted by Gasteiger charge is 2.34. The Hall–Kier alpha value is -3.01. The van der Waals surface area contributed by atoms with Crippen molar-refractivity contribution in [1.82, 2.24) is 29.9 Å². The molecule has 33 heavy (non-hydrogen) atoms. The van der Waals surface area contributed by atoms with Crippen LogP contribution < -0.4 is 0 Å². The van der Waals surface area contributed by atoms with Gasteiger partial charge in [0.25, 0.3) is 5.91 Å². The number of halogens is 4. The highest BCUT2D eigenvalue weighted by Crippen LogP contribution is 2.31. The molecule has 0 N–H and O–H groups in total. The fourth-order valence-corrected chi connectivity index (χ4v) is 4.48. The molecule has 7 nitrogen and oxygen atoms in total. The quantitative estimate of drug-likeness (QED) is 0.535. The maximum atomic E-state index is 13.6. The van der Waals surface area contributed by atoms with Gasteiger partial charge < -0.3 is 4.90 Å². The first-order chi connectivity index (χ1) is 15.8. The molecule has 4 rings (SSSR count). The Balaban J connectivity index is 1.56. The number of rotatable bonds is 5. The number of carbonyl (C=O) groups is 1. The number of amides is 1. The second kappa shape index (κ2) is 9.46. The number of carbonyl (C=O) groups excluding carboxylic acids is 1. The van der Waals surface area contributed by atoms with Crippen molar-refractivity contribution < 1.29 is 18.0 Å². The predicted octanol–water partition coefficient (Wildman–Crippen LogP) is 4.60. The van der Waals surface area contributed by atoms with Gasteiger partial charge in [-0.2, -0.15) is 23.4 Å². The predicted molar refractivity (Wildman–Crippen MR) is 115 cm³/mol. The second-order valence-corrected chi connectivity index (χ2v) is 8.47. The van der Waals surface area contributed by atoms with Crippen LogP contribution in [0.15, 0.2) is 43.0 Å². The standard InChI is InChI=1S/C22H22ClF3N6O/c1-14-4-3-11-31(18(14)7-8-19-27-12-15(13-28-19)22(24,25)26)21(33)16-5-2-6-17(23)20(16)32-29-9-10-30-32/h2,5-6,9-10,12-14,18H,3-4,7-8,11H2,1H3/t14-,18-/m1/s1. The molecule has 1 saturated heterocycles. The maximum Gasteiger partial charge on any atom is 0.419 e. The van der Waals surface area contributed by atoms with E-state index in [0.29, 0.717) is 41.5 Å². The number of para-hydroxylation sites is 1. The van der Waals surface area contributed by atoms with Crippen LogP contribution in [0.25, 0.3) is 5.69 Å². The van der Waals surface area contributed by atoms with Gasteiger partial charge in [0.2, 0.25) is 0 Å². The van der Waals surface area contributed by atoms with Gasteiger partial charge in [-0.3, -0.25) is 4.79 Å². The molecule has 0 saturated carbocycles. The number of nitrogens with zero attached hydrogens (tertiary/aromatic N) is 6. The van der Waals surface area contributed by atoms with Gasteiger partial charge in [0.1, 0.15) is 11.5 Å². The topological polar surface area (TPSA) is 76.8 Å². The lowest BCUT2D eigenvalue weighted by atomic mass is 9.87. The van der Waals surface area contributed by atoms with Crippen molar-refractivity contribution in [3.8, 4) is 5.69 Å². The van der Waals surface area contributed by atoms with Gasteiger partial charge in [0.15, 0.2) is 0 Å². The monoisotopic (exact) mass is 478 g/mol. The maximum absolute atomic E-state index is 13.6. The highest BCUT2D eigenvalue weighted by molar-refractivity contribution is 6.33. The van der Waals surface area contributed by atoms with Crippen LogP contribution in [0.4, 0.5) is 13.2 Å². The number of alkyl halides is 3. The summed E-state index contributed by atoms with van der Waals surface area (Å²) in [6, 6.07) is 4.97. The number of aromatic nitrogens is 5. The van der Waals surface area contributed by atoms with Crippen molar-refractivity contribution in [2.75, 3.05) is 6.54 Å². The van der Waals surface area contributed by atoms with Crippen molar-refractivity contribution in [1.29, 1.82) is 0 Å². The van der Waals surface area contributed by atoms with E-state index in [1.807, 2.05) is 4.90 Å². The van der Waals surface area contributed by atoms with E-state index in [-0.39, 0.29) is 17.9 Å². The van der Waals surface area contributed by atoms with E-state index in [0.717, 1.165) is 25.2 Å². The van der Waals surface area contributed by atoms with Crippen molar-refractivity contribution in [3.63, 3.8) is 0 Å². The highest BCUT2D eigenvalue weighted by atomic mass is 35.5. The molecule has 1 amide bonds. The van der Waals surface area contributed by atoms with Gasteiger partial charge in [-0.15, -0.1) is 4.80 Å². The molecule has 2 atom stereocenters. The lowest BCUT2D eigenvalue weighted by Gasteiger charge is -2.40. The van der Waals surface area contributed by atoms with Crippen LogP contribution in [0.3, 0.4) is 0 Å². The Morgan fingerprint density at radius 2 is 1.88 bits per heavy atom. The Morgan fingerprint density at radius 1 is 1.18 bits per heavy atom. The molecule has 2 aromatic heterocycles. The number of likely N-dealkylation sites (tertiary alicyclic amines) is 1. The summed E-state index contributed by atoms with van der Waals surface area (Å²) < 4.78 is 38.3. The Kier molecular flexibility index (Phi) is 6.64. The summed E-state index contributed by atoms with van der Waals surface area (Å²) in [7, 11) is 0. The lowest BCUT2D eigenvalue weighted by molar-refractivity contribution is -0.138. The first-order valence-corrected chi connectivity index (χ1v) is 11.0. The van der Waals surface area contributed by atoms with E-state index in [9.17, 15) is 18.0 Å². The molecule has 3 aromatic rings. The van der Waals surface area contributed by atoms with Gasteiger partial charge in [-0.1, -0.05) is 24.6 Å². The molecule has 0 radical (unpaired) electrons. The molecule has 0 bridgehead atoms. The number of hydrogen-bond donors (Lipinski definition) is 0. The molecule has 11 heteroatoms. The summed E-state index contributed by atoms with van der Waals surface area (Å²) in [4.78, 5) is 24.5. The first-order valence-electron chi connectivity index (χ1n) is 10.6. The summed E-state index contributed by atoms with van der Waals surface area (Å²) in [5.74, 6) is 0.342. The van der Waals surface area contributed by atoms with Crippen molar-refractivity contribution >= 4 is 17.5 Å². The van der Waals surface area contributed by atoms with E-state index < -0.39 is 11.7 Å². The summed E-state index contributed by atoms with van der Waals surface area (Å²) in [5.41, 5.74) is -0.0735. The van der Waals surface area contributed by atoms with Crippen LogP contribution in [0.2, 0.25) is 5.02 Å². The summed E-state index contributed by atoms with van der Waals surface area (Å²) >= 11 is 6.39. The number of hydrogen-bond acceptors (Lipinski definition) is 5. The fourth-order valence-electron chi connectivity index (χ4n) is 4.23. The molecular formula is C22H22ClF3N6O. The average Bonchev–Trinajstić information content (AvgIpc) is 3.31. The van der Waals surface area contributed by atoms with Crippen LogP contribution in [0, 0.1) is 5.92 Å². The third-order valence-corrected chi connectivity index (χ3v) is 6.21. The Bertz CT molecular complexity index is 1100. The summed E-state index contributed by atoms with van der Waals surface area (Å²) in [6.45, 7) is 2.64. The molecule has 0 spiro atoms. The molecule has 1 aliphatic heterocycles. The van der Waals surface area contributed by atoms with Gasteiger partial charge in [-0.25, -0.2) is 9.97 Å². The Labute approximate surface area is 193 Å². The van der Waals surface area contributed by atoms with Crippen LogP contribution in [-0.2, 0) is 12.6 Å². The van der Waals surface area contributed by atoms with Crippen LogP contribution in [0.5, 0.6) is 0 Å². The van der Waals surface area contributed by atoms with E-state index in [1.54, 1.807) is 18.2 Å². The van der Waals surface area contributed by atoms with Gasteiger partial charge in [-0.05, 0) is 37.3 Å². The number of benzene rings is 1. The minimum atomic E-state index is -4.47. The van der Waals surface area contributed by atoms with Crippen molar-refractivity contribution in [2.45, 2.75) is 44.8 Å². The zero-order valence-corrected chi connectivity index (χ0v) is 18.6. The van der Waals surface area contributed by atoms with Crippen LogP contribution in [-0.4, -0.2) is 48.4 Å². The van der Waals surface area contributed by atoms with E-state index in [1.165, 1.54) is 17.2 Å². The minimum Gasteiger partial charge on any atom is -0.335 e. The normalized spacial score (nSPS) is 19.0. The van der Waals surface area contributed by atoms with E-state index in [4.69, 9.17) is 11.6 Å². The average molecular weight is 479 g/mol.